The molecule has 0 atom stereocenters. The molecule has 12 heavy (non-hydrogen) atoms. The summed E-state index contributed by atoms with van der Waals surface area (Å²) in [6.45, 7) is 1.13. The molecule has 5 nitrogen and oxygen atoms in total. The summed E-state index contributed by atoms with van der Waals surface area (Å²) < 4.78 is 35.7. The van der Waals surface area contributed by atoms with Gasteiger partial charge in [0.25, 0.3) is 10.1 Å². The van der Waals surface area contributed by atoms with Gasteiger partial charge >= 0.3 is 0 Å². The van der Waals surface area contributed by atoms with E-state index in [4.69, 9.17) is 9.47 Å². The lowest BCUT2D eigenvalue weighted by molar-refractivity contribution is -0.190. The zero-order valence-electron chi connectivity index (χ0n) is 6.86. The minimum atomic E-state index is -3.38. The van der Waals surface area contributed by atoms with Crippen molar-refractivity contribution in [3.63, 3.8) is 0 Å². The van der Waals surface area contributed by atoms with E-state index < -0.39 is 16.4 Å². The highest BCUT2D eigenvalue weighted by atomic mass is 32.2. The maximum atomic E-state index is 10.5. The van der Waals surface area contributed by atoms with Crippen molar-refractivity contribution in [2.45, 2.75) is 12.7 Å². The third-order valence-electron chi connectivity index (χ3n) is 1.31. The monoisotopic (exact) mass is 196 g/mol. The summed E-state index contributed by atoms with van der Waals surface area (Å²) in [5.74, 6) is 0. The second-order valence-electron chi connectivity index (χ2n) is 2.51. The summed E-state index contributed by atoms with van der Waals surface area (Å²) in [7, 11) is -3.38. The second-order valence-corrected chi connectivity index (χ2v) is 4.16. The molecule has 1 saturated heterocycles. The normalized spacial score (nSPS) is 21.1. The third kappa shape index (κ3) is 4.01. The largest absolute Gasteiger partial charge is 0.350 e. The Morgan fingerprint density at radius 3 is 2.50 bits per heavy atom. The van der Waals surface area contributed by atoms with Gasteiger partial charge in [0.2, 0.25) is 0 Å². The Labute approximate surface area is 71.7 Å². The van der Waals surface area contributed by atoms with Crippen LogP contribution >= 0.6 is 0 Å². The first kappa shape index (κ1) is 9.91. The van der Waals surface area contributed by atoms with Gasteiger partial charge in [0.15, 0.2) is 6.29 Å². The molecule has 0 aromatic carbocycles. The van der Waals surface area contributed by atoms with Crippen LogP contribution in [-0.4, -0.2) is 40.8 Å². The van der Waals surface area contributed by atoms with E-state index in [1.807, 2.05) is 0 Å². The first-order valence-electron chi connectivity index (χ1n) is 3.65. The summed E-state index contributed by atoms with van der Waals surface area (Å²) in [6.07, 6.45) is 1.30. The Kier molecular flexibility index (Phi) is 3.45. The van der Waals surface area contributed by atoms with Crippen molar-refractivity contribution >= 4 is 10.1 Å². The molecule has 1 aliphatic heterocycles. The average molecular weight is 196 g/mol. The highest BCUT2D eigenvalue weighted by Gasteiger charge is 2.16. The summed E-state index contributed by atoms with van der Waals surface area (Å²) in [4.78, 5) is 0. The standard InChI is InChI=1S/C6H12O5S/c1-12(7,8)11-5-6-9-3-2-4-10-6/h6H,2-5H2,1H3. The summed E-state index contributed by atoms with van der Waals surface area (Å²) in [5.41, 5.74) is 0. The molecular weight excluding hydrogens is 184 g/mol. The molecular formula is C6H12O5S. The van der Waals surface area contributed by atoms with Gasteiger partial charge in [-0.1, -0.05) is 0 Å². The number of hydrogen-bond donors (Lipinski definition) is 0. The van der Waals surface area contributed by atoms with Crippen molar-refractivity contribution in [2.24, 2.45) is 0 Å². The zero-order chi connectivity index (χ0) is 9.03. The van der Waals surface area contributed by atoms with E-state index in [-0.39, 0.29) is 6.61 Å². The van der Waals surface area contributed by atoms with Crippen LogP contribution in [0.5, 0.6) is 0 Å². The van der Waals surface area contributed by atoms with Crippen molar-refractivity contribution in [3.05, 3.63) is 0 Å². The quantitative estimate of drug-likeness (QED) is 0.581. The van der Waals surface area contributed by atoms with Crippen molar-refractivity contribution in [2.75, 3.05) is 26.1 Å². The first-order chi connectivity index (χ1) is 5.58. The molecule has 1 fully saturated rings. The Bertz CT molecular complexity index is 216. The van der Waals surface area contributed by atoms with Gasteiger partial charge in [-0.2, -0.15) is 8.42 Å². The minimum absolute atomic E-state index is 0.0567. The van der Waals surface area contributed by atoms with Crippen LogP contribution in [-0.2, 0) is 23.8 Å². The van der Waals surface area contributed by atoms with Gasteiger partial charge in [-0.05, 0) is 6.42 Å². The predicted octanol–water partition coefficient (Wildman–Crippen LogP) is -0.274. The second kappa shape index (κ2) is 4.18. The summed E-state index contributed by atoms with van der Waals surface area (Å²) in [5, 5.41) is 0. The molecule has 0 amide bonds. The molecule has 0 radical (unpaired) electrons. The molecule has 0 aromatic heterocycles. The molecule has 1 rings (SSSR count). The Morgan fingerprint density at radius 1 is 1.42 bits per heavy atom. The molecule has 0 saturated carbocycles. The number of ether oxygens (including phenoxy) is 2. The molecule has 0 N–H and O–H groups in total. The van der Waals surface area contributed by atoms with Crippen molar-refractivity contribution in [1.82, 2.24) is 0 Å². The highest BCUT2D eigenvalue weighted by Crippen LogP contribution is 2.05. The summed E-state index contributed by atoms with van der Waals surface area (Å²) in [6, 6.07) is 0. The molecule has 6 heteroatoms. The molecule has 1 aliphatic rings. The van der Waals surface area contributed by atoms with Gasteiger partial charge in [-0.3, -0.25) is 4.18 Å². The Morgan fingerprint density at radius 2 is 2.00 bits per heavy atom. The fourth-order valence-electron chi connectivity index (χ4n) is 0.812. The smallest absolute Gasteiger partial charge is 0.264 e. The van der Waals surface area contributed by atoms with Gasteiger partial charge in [0, 0.05) is 0 Å². The number of rotatable bonds is 3. The van der Waals surface area contributed by atoms with E-state index >= 15 is 0 Å². The van der Waals surface area contributed by atoms with Crippen LogP contribution in [0.25, 0.3) is 0 Å². The maximum absolute atomic E-state index is 10.5. The predicted molar refractivity (Wildman–Crippen MR) is 41.1 cm³/mol. The van der Waals surface area contributed by atoms with E-state index in [9.17, 15) is 8.42 Å². The lowest BCUT2D eigenvalue weighted by Crippen LogP contribution is -2.30. The van der Waals surface area contributed by atoms with Crippen LogP contribution in [0.15, 0.2) is 0 Å². The molecule has 72 valence electrons. The van der Waals surface area contributed by atoms with Crippen LogP contribution in [0.2, 0.25) is 0 Å². The molecule has 1 heterocycles. The molecule has 0 spiro atoms. The van der Waals surface area contributed by atoms with Gasteiger partial charge in [-0.15, -0.1) is 0 Å². The van der Waals surface area contributed by atoms with E-state index in [1.54, 1.807) is 0 Å². The fraction of sp³-hybridized carbons (Fsp3) is 1.00. The van der Waals surface area contributed by atoms with E-state index in [2.05, 4.69) is 4.18 Å². The number of hydrogen-bond acceptors (Lipinski definition) is 5. The Balaban J connectivity index is 2.22. The molecule has 0 aliphatic carbocycles. The van der Waals surface area contributed by atoms with Crippen LogP contribution < -0.4 is 0 Å². The Hall–Kier alpha value is -0.170. The molecule has 0 bridgehead atoms. The van der Waals surface area contributed by atoms with Crippen LogP contribution in [0.3, 0.4) is 0 Å². The van der Waals surface area contributed by atoms with Crippen LogP contribution in [0.4, 0.5) is 0 Å². The SMILES string of the molecule is CS(=O)(=O)OCC1OCCCO1. The maximum Gasteiger partial charge on any atom is 0.264 e. The van der Waals surface area contributed by atoms with Crippen molar-refractivity contribution < 1.29 is 22.1 Å². The van der Waals surface area contributed by atoms with E-state index in [0.29, 0.717) is 13.2 Å². The summed E-state index contributed by atoms with van der Waals surface area (Å²) >= 11 is 0. The fourth-order valence-corrected chi connectivity index (χ4v) is 1.17. The topological polar surface area (TPSA) is 61.8 Å². The molecule has 0 unspecified atom stereocenters. The lowest BCUT2D eigenvalue weighted by atomic mass is 10.4. The van der Waals surface area contributed by atoms with E-state index in [1.165, 1.54) is 0 Å². The highest BCUT2D eigenvalue weighted by molar-refractivity contribution is 7.85. The van der Waals surface area contributed by atoms with Gasteiger partial charge in [0.05, 0.1) is 19.5 Å². The van der Waals surface area contributed by atoms with Crippen molar-refractivity contribution in [1.29, 1.82) is 0 Å². The lowest BCUT2D eigenvalue weighted by Gasteiger charge is -2.22. The van der Waals surface area contributed by atoms with Crippen molar-refractivity contribution in [3.8, 4) is 0 Å². The zero-order valence-corrected chi connectivity index (χ0v) is 7.67. The van der Waals surface area contributed by atoms with Gasteiger partial charge in [-0.25, -0.2) is 0 Å². The van der Waals surface area contributed by atoms with Gasteiger partial charge < -0.3 is 9.47 Å². The van der Waals surface area contributed by atoms with E-state index in [0.717, 1.165) is 12.7 Å². The third-order valence-corrected chi connectivity index (χ3v) is 1.88. The van der Waals surface area contributed by atoms with Crippen LogP contribution in [0, 0.1) is 0 Å². The minimum Gasteiger partial charge on any atom is -0.350 e. The average Bonchev–Trinajstić information content (AvgIpc) is 2.02. The van der Waals surface area contributed by atoms with Gasteiger partial charge in [0.1, 0.15) is 6.61 Å². The first-order valence-corrected chi connectivity index (χ1v) is 5.47. The molecule has 0 aromatic rings. The van der Waals surface area contributed by atoms with Crippen LogP contribution in [0.1, 0.15) is 6.42 Å².